The van der Waals surface area contributed by atoms with Crippen LogP contribution in [0.2, 0.25) is 0 Å². The molecule has 7 heteroatoms. The van der Waals surface area contributed by atoms with Gasteiger partial charge in [0.15, 0.2) is 0 Å². The van der Waals surface area contributed by atoms with E-state index in [-0.39, 0.29) is 11.4 Å². The Kier molecular flexibility index (Phi) is 5.73. The highest BCUT2D eigenvalue weighted by Gasteiger charge is 2.13. The summed E-state index contributed by atoms with van der Waals surface area (Å²) in [6.07, 6.45) is 0.0920. The van der Waals surface area contributed by atoms with Crippen LogP contribution in [0.25, 0.3) is 0 Å². The van der Waals surface area contributed by atoms with Crippen molar-refractivity contribution in [1.29, 1.82) is 0 Å². The second kappa shape index (κ2) is 7.96. The molecule has 2 aromatic carbocycles. The van der Waals surface area contributed by atoms with Gasteiger partial charge in [0, 0.05) is 25.7 Å². The van der Waals surface area contributed by atoms with Gasteiger partial charge in [-0.3, -0.25) is 10.1 Å². The second-order valence-corrected chi connectivity index (χ2v) is 5.10. The molecule has 0 spiro atoms. The number of rotatable bonds is 6. The maximum Gasteiger partial charge on any atom is 0.414 e. The zero-order valence-corrected chi connectivity index (χ0v) is 13.5. The summed E-state index contributed by atoms with van der Waals surface area (Å²) in [5, 5.41) is 10.6. The molecule has 0 radical (unpaired) electrons. The average Bonchev–Trinajstić information content (AvgIpc) is 2.60. The molecular weight excluding hydrogens is 312 g/mol. The molecule has 24 heavy (non-hydrogen) atoms. The van der Waals surface area contributed by atoms with Crippen molar-refractivity contribution in [3.05, 3.63) is 64.2 Å². The fraction of sp³-hybridized carbons (Fsp3) is 0.235. The number of para-hydroxylation sites is 1. The van der Waals surface area contributed by atoms with Gasteiger partial charge in [0.25, 0.3) is 5.69 Å². The van der Waals surface area contributed by atoms with Gasteiger partial charge in [0.1, 0.15) is 11.5 Å². The molecule has 0 aliphatic carbocycles. The summed E-state index contributed by atoms with van der Waals surface area (Å²) < 4.78 is 10.5. The van der Waals surface area contributed by atoms with Crippen molar-refractivity contribution >= 4 is 11.8 Å². The molecule has 2 aromatic rings. The highest BCUT2D eigenvalue weighted by molar-refractivity contribution is 5.70. The van der Waals surface area contributed by atoms with Gasteiger partial charge in [0.2, 0.25) is 0 Å². The van der Waals surface area contributed by atoms with Crippen molar-refractivity contribution < 1.29 is 19.2 Å². The van der Waals surface area contributed by atoms with Gasteiger partial charge < -0.3 is 14.4 Å². The van der Waals surface area contributed by atoms with E-state index in [2.05, 4.69) is 0 Å². The Hall–Kier alpha value is -3.09. The molecule has 2 rings (SSSR count). The molecule has 0 unspecified atom stereocenters. The molecule has 0 fully saturated rings. The van der Waals surface area contributed by atoms with Crippen LogP contribution in [0.4, 0.5) is 10.5 Å². The number of carbonyl (C=O) groups excluding carboxylic acids is 1. The van der Waals surface area contributed by atoms with Crippen molar-refractivity contribution in [2.24, 2.45) is 0 Å². The number of benzene rings is 2. The van der Waals surface area contributed by atoms with Crippen LogP contribution in [-0.4, -0.2) is 36.6 Å². The van der Waals surface area contributed by atoms with E-state index in [0.717, 1.165) is 11.3 Å². The highest BCUT2D eigenvalue weighted by atomic mass is 16.6. The quantitative estimate of drug-likeness (QED) is 0.599. The van der Waals surface area contributed by atoms with Crippen LogP contribution in [0, 0.1) is 10.1 Å². The van der Waals surface area contributed by atoms with Gasteiger partial charge in [-0.15, -0.1) is 0 Å². The SMILES string of the molecule is COc1ccccc1CCN(C)C(=O)Oc1ccc([N+](=O)[O-])cc1. The summed E-state index contributed by atoms with van der Waals surface area (Å²) >= 11 is 0. The first-order valence-electron chi connectivity index (χ1n) is 7.30. The fourth-order valence-corrected chi connectivity index (χ4v) is 2.10. The molecule has 0 aromatic heterocycles. The van der Waals surface area contributed by atoms with Crippen LogP contribution in [0.5, 0.6) is 11.5 Å². The van der Waals surface area contributed by atoms with Crippen LogP contribution in [-0.2, 0) is 6.42 Å². The van der Waals surface area contributed by atoms with Crippen LogP contribution < -0.4 is 9.47 Å². The smallest absolute Gasteiger partial charge is 0.414 e. The molecular formula is C17H18N2O5. The maximum atomic E-state index is 12.0. The van der Waals surface area contributed by atoms with Crippen LogP contribution in [0.1, 0.15) is 5.56 Å². The Morgan fingerprint density at radius 3 is 2.46 bits per heavy atom. The maximum absolute atomic E-state index is 12.0. The van der Waals surface area contributed by atoms with Crippen LogP contribution in [0.15, 0.2) is 48.5 Å². The molecule has 7 nitrogen and oxygen atoms in total. The van der Waals surface area contributed by atoms with Gasteiger partial charge in [-0.25, -0.2) is 4.79 Å². The van der Waals surface area contributed by atoms with E-state index in [1.165, 1.54) is 29.2 Å². The predicted octanol–water partition coefficient (Wildman–Crippen LogP) is 3.28. The van der Waals surface area contributed by atoms with E-state index in [9.17, 15) is 14.9 Å². The second-order valence-electron chi connectivity index (χ2n) is 5.10. The number of carbonyl (C=O) groups is 1. The average molecular weight is 330 g/mol. The lowest BCUT2D eigenvalue weighted by Gasteiger charge is -2.17. The predicted molar refractivity (Wildman–Crippen MR) is 88.4 cm³/mol. The van der Waals surface area contributed by atoms with Gasteiger partial charge in [-0.05, 0) is 30.2 Å². The molecule has 0 aliphatic rings. The Balaban J connectivity index is 1.91. The molecule has 0 N–H and O–H groups in total. The van der Waals surface area contributed by atoms with E-state index < -0.39 is 11.0 Å². The third-order valence-electron chi connectivity index (χ3n) is 3.47. The molecule has 0 saturated heterocycles. The Labute approximate surface area is 139 Å². The Bertz CT molecular complexity index is 715. The molecule has 126 valence electrons. The normalized spacial score (nSPS) is 10.1. The summed E-state index contributed by atoms with van der Waals surface area (Å²) in [6.45, 7) is 0.451. The number of nitro benzene ring substituents is 1. The minimum Gasteiger partial charge on any atom is -0.496 e. The highest BCUT2D eigenvalue weighted by Crippen LogP contribution is 2.19. The van der Waals surface area contributed by atoms with E-state index in [1.807, 2.05) is 24.3 Å². The molecule has 1 amide bonds. The first-order valence-corrected chi connectivity index (χ1v) is 7.30. The molecule has 0 bridgehead atoms. The summed E-state index contributed by atoms with van der Waals surface area (Å²) in [6, 6.07) is 13.0. The number of nitrogens with zero attached hydrogens (tertiary/aromatic N) is 2. The number of nitro groups is 1. The van der Waals surface area contributed by atoms with Crippen LogP contribution >= 0.6 is 0 Å². The van der Waals surface area contributed by atoms with Crippen molar-refractivity contribution in [3.63, 3.8) is 0 Å². The number of amides is 1. The molecule has 0 saturated carbocycles. The first kappa shape index (κ1) is 17.3. The number of hydrogen-bond acceptors (Lipinski definition) is 5. The van der Waals surface area contributed by atoms with Gasteiger partial charge in [0.05, 0.1) is 12.0 Å². The molecule has 0 aliphatic heterocycles. The Morgan fingerprint density at radius 1 is 1.17 bits per heavy atom. The summed E-state index contributed by atoms with van der Waals surface area (Å²) in [7, 11) is 3.23. The monoisotopic (exact) mass is 330 g/mol. The lowest BCUT2D eigenvalue weighted by molar-refractivity contribution is -0.384. The third-order valence-corrected chi connectivity index (χ3v) is 3.47. The van der Waals surface area contributed by atoms with E-state index in [4.69, 9.17) is 9.47 Å². The number of likely N-dealkylation sites (N-methyl/N-ethyl adjacent to an activating group) is 1. The minimum atomic E-state index is -0.529. The van der Waals surface area contributed by atoms with Crippen molar-refractivity contribution in [2.45, 2.75) is 6.42 Å². The lowest BCUT2D eigenvalue weighted by Crippen LogP contribution is -2.31. The van der Waals surface area contributed by atoms with E-state index in [0.29, 0.717) is 13.0 Å². The number of non-ortho nitro benzene ring substituents is 1. The standard InChI is InChI=1S/C17H18N2O5/c1-18(12-11-13-5-3-4-6-16(13)23-2)17(20)24-15-9-7-14(8-10-15)19(21)22/h3-10H,11-12H2,1-2H3. The van der Waals surface area contributed by atoms with Gasteiger partial charge >= 0.3 is 6.09 Å². The van der Waals surface area contributed by atoms with Gasteiger partial charge in [-0.1, -0.05) is 18.2 Å². The van der Waals surface area contributed by atoms with Crippen molar-refractivity contribution in [1.82, 2.24) is 4.90 Å². The summed E-state index contributed by atoms with van der Waals surface area (Å²) in [5.74, 6) is 1.03. The topological polar surface area (TPSA) is 81.9 Å². The summed E-state index contributed by atoms with van der Waals surface area (Å²) in [4.78, 5) is 23.6. The Morgan fingerprint density at radius 2 is 1.83 bits per heavy atom. The van der Waals surface area contributed by atoms with Gasteiger partial charge in [-0.2, -0.15) is 0 Å². The number of hydrogen-bond donors (Lipinski definition) is 0. The summed E-state index contributed by atoms with van der Waals surface area (Å²) in [5.41, 5.74) is 0.939. The van der Waals surface area contributed by atoms with Crippen molar-refractivity contribution in [3.8, 4) is 11.5 Å². The minimum absolute atomic E-state index is 0.0562. The largest absolute Gasteiger partial charge is 0.496 e. The lowest BCUT2D eigenvalue weighted by atomic mass is 10.1. The van der Waals surface area contributed by atoms with Crippen LogP contribution in [0.3, 0.4) is 0 Å². The first-order chi connectivity index (χ1) is 11.5. The fourth-order valence-electron chi connectivity index (χ4n) is 2.10. The van der Waals surface area contributed by atoms with E-state index >= 15 is 0 Å². The number of ether oxygens (including phenoxy) is 2. The molecule has 0 heterocycles. The zero-order valence-electron chi connectivity index (χ0n) is 13.5. The molecule has 0 atom stereocenters. The van der Waals surface area contributed by atoms with Crippen molar-refractivity contribution in [2.75, 3.05) is 20.7 Å². The number of methoxy groups -OCH3 is 1. The van der Waals surface area contributed by atoms with E-state index in [1.54, 1.807) is 14.2 Å². The third kappa shape index (κ3) is 4.45. The zero-order chi connectivity index (χ0) is 17.5.